The summed E-state index contributed by atoms with van der Waals surface area (Å²) in [6, 6.07) is 7.88. The van der Waals surface area contributed by atoms with Gasteiger partial charge >= 0.3 is 0 Å². The van der Waals surface area contributed by atoms with Gasteiger partial charge in [-0.15, -0.1) is 0 Å². The van der Waals surface area contributed by atoms with Crippen molar-refractivity contribution in [3.05, 3.63) is 29.8 Å². The van der Waals surface area contributed by atoms with Crippen LogP contribution in [0.4, 0.5) is 5.69 Å². The molecule has 0 fully saturated rings. The summed E-state index contributed by atoms with van der Waals surface area (Å²) in [5.74, 6) is 1.02. The Kier molecular flexibility index (Phi) is 2.61. The fourth-order valence-electron chi connectivity index (χ4n) is 1.74. The van der Waals surface area contributed by atoms with E-state index in [1.165, 1.54) is 5.56 Å². The number of aliphatic imine (C=N–C) groups is 1. The molecule has 4 heteroatoms. The van der Waals surface area contributed by atoms with E-state index in [-0.39, 0.29) is 5.54 Å². The monoisotopic (exact) mass is 221 g/mol. The van der Waals surface area contributed by atoms with Gasteiger partial charge in [0.05, 0.1) is 5.54 Å². The Labute approximate surface area is 93.9 Å². The third-order valence-corrected chi connectivity index (χ3v) is 3.52. The van der Waals surface area contributed by atoms with Crippen LogP contribution in [0.2, 0.25) is 0 Å². The zero-order chi connectivity index (χ0) is 10.9. The third-order valence-electron chi connectivity index (χ3n) is 2.73. The van der Waals surface area contributed by atoms with E-state index in [4.69, 9.17) is 11.5 Å². The average molecular weight is 221 g/mol. The second-order valence-electron chi connectivity index (χ2n) is 3.94. The van der Waals surface area contributed by atoms with Gasteiger partial charge in [0.2, 0.25) is 0 Å². The van der Waals surface area contributed by atoms with Gasteiger partial charge in [0.25, 0.3) is 0 Å². The minimum absolute atomic E-state index is 0.178. The van der Waals surface area contributed by atoms with Gasteiger partial charge in [-0.3, -0.25) is 4.99 Å². The van der Waals surface area contributed by atoms with Crippen LogP contribution >= 0.6 is 11.8 Å². The molecule has 0 radical (unpaired) electrons. The van der Waals surface area contributed by atoms with Gasteiger partial charge in [-0.05, 0) is 31.0 Å². The lowest BCUT2D eigenvalue weighted by atomic mass is 9.90. The van der Waals surface area contributed by atoms with Crippen LogP contribution in [0.1, 0.15) is 18.9 Å². The topological polar surface area (TPSA) is 64.4 Å². The Morgan fingerprint density at radius 3 is 2.53 bits per heavy atom. The fourth-order valence-corrected chi connectivity index (χ4v) is 2.71. The van der Waals surface area contributed by atoms with E-state index in [2.05, 4.69) is 11.9 Å². The molecule has 3 nitrogen and oxygen atoms in total. The third kappa shape index (κ3) is 2.09. The van der Waals surface area contributed by atoms with Crippen LogP contribution < -0.4 is 11.5 Å². The second-order valence-corrected chi connectivity index (χ2v) is 5.06. The summed E-state index contributed by atoms with van der Waals surface area (Å²) in [7, 11) is 0. The molecule has 1 atom stereocenters. The van der Waals surface area contributed by atoms with E-state index in [9.17, 15) is 0 Å². The van der Waals surface area contributed by atoms with Crippen LogP contribution in [0.25, 0.3) is 0 Å². The normalized spacial score (nSPS) is 26.1. The van der Waals surface area contributed by atoms with Crippen LogP contribution in [0.3, 0.4) is 0 Å². The number of thioether (sulfide) groups is 1. The lowest BCUT2D eigenvalue weighted by molar-refractivity contribution is 0.482. The Morgan fingerprint density at radius 2 is 1.93 bits per heavy atom. The van der Waals surface area contributed by atoms with Crippen LogP contribution in [0.15, 0.2) is 29.3 Å². The SMILES string of the molecule is CC1(c2ccc(N)cc2)CCSC(N)=N1. The number of nitrogen functional groups attached to an aromatic ring is 1. The van der Waals surface area contributed by atoms with Gasteiger partial charge in [0.1, 0.15) is 0 Å². The van der Waals surface area contributed by atoms with Crippen molar-refractivity contribution in [2.24, 2.45) is 10.7 Å². The minimum atomic E-state index is -0.178. The van der Waals surface area contributed by atoms with Crippen molar-refractivity contribution in [3.8, 4) is 0 Å². The van der Waals surface area contributed by atoms with Gasteiger partial charge in [-0.25, -0.2) is 0 Å². The van der Waals surface area contributed by atoms with E-state index in [0.717, 1.165) is 17.9 Å². The predicted octanol–water partition coefficient (Wildman–Crippen LogP) is 1.94. The fraction of sp³-hybridized carbons (Fsp3) is 0.364. The molecular formula is C11H15N3S. The molecule has 0 amide bonds. The van der Waals surface area contributed by atoms with Crippen molar-refractivity contribution in [1.82, 2.24) is 0 Å². The highest BCUT2D eigenvalue weighted by atomic mass is 32.2. The first-order chi connectivity index (χ1) is 7.10. The quantitative estimate of drug-likeness (QED) is 0.712. The maximum atomic E-state index is 5.77. The number of nitrogens with zero attached hydrogens (tertiary/aromatic N) is 1. The molecule has 1 aliphatic heterocycles. The maximum Gasteiger partial charge on any atom is 0.154 e. The Hall–Kier alpha value is -1.16. The number of rotatable bonds is 1. The second kappa shape index (κ2) is 3.77. The van der Waals surface area contributed by atoms with Crippen molar-refractivity contribution in [2.45, 2.75) is 18.9 Å². The van der Waals surface area contributed by atoms with E-state index < -0.39 is 0 Å². The van der Waals surface area contributed by atoms with Crippen molar-refractivity contribution in [1.29, 1.82) is 0 Å². The zero-order valence-electron chi connectivity index (χ0n) is 8.73. The molecule has 1 unspecified atom stereocenters. The molecule has 0 saturated heterocycles. The molecule has 1 aliphatic rings. The van der Waals surface area contributed by atoms with Crippen LogP contribution in [0.5, 0.6) is 0 Å². The van der Waals surface area contributed by atoms with Crippen molar-refractivity contribution in [2.75, 3.05) is 11.5 Å². The molecule has 1 aromatic carbocycles. The summed E-state index contributed by atoms with van der Waals surface area (Å²) in [6.07, 6.45) is 1.02. The number of nitrogens with two attached hydrogens (primary N) is 2. The lowest BCUT2D eigenvalue weighted by Crippen LogP contribution is -2.28. The number of hydrogen-bond acceptors (Lipinski definition) is 4. The number of amidine groups is 1. The summed E-state index contributed by atoms with van der Waals surface area (Å²) in [5, 5.41) is 0.681. The first kappa shape index (κ1) is 10.4. The molecule has 15 heavy (non-hydrogen) atoms. The summed E-state index contributed by atoms with van der Waals surface area (Å²) < 4.78 is 0. The first-order valence-corrected chi connectivity index (χ1v) is 5.93. The highest BCUT2D eigenvalue weighted by Gasteiger charge is 2.28. The Morgan fingerprint density at radius 1 is 1.27 bits per heavy atom. The molecular weight excluding hydrogens is 206 g/mol. The standard InChI is InChI=1S/C11H15N3S/c1-11(6-7-15-10(13)14-11)8-2-4-9(12)5-3-8/h2-5H,6-7,12H2,1H3,(H2,13,14). The largest absolute Gasteiger partial charge is 0.399 e. The van der Waals surface area contributed by atoms with Crippen LogP contribution in [0, 0.1) is 0 Å². The van der Waals surface area contributed by atoms with Gasteiger partial charge < -0.3 is 11.5 Å². The average Bonchev–Trinajstić information content (AvgIpc) is 2.18. The van der Waals surface area contributed by atoms with Crippen LogP contribution in [-0.4, -0.2) is 10.9 Å². The molecule has 2 rings (SSSR count). The van der Waals surface area contributed by atoms with E-state index in [1.54, 1.807) is 11.8 Å². The van der Waals surface area contributed by atoms with Gasteiger partial charge in [-0.2, -0.15) is 0 Å². The summed E-state index contributed by atoms with van der Waals surface area (Å²) in [6.45, 7) is 2.12. The number of hydrogen-bond donors (Lipinski definition) is 2. The molecule has 0 aromatic heterocycles. The highest BCUT2D eigenvalue weighted by molar-refractivity contribution is 8.13. The summed E-state index contributed by atoms with van der Waals surface area (Å²) >= 11 is 1.62. The van der Waals surface area contributed by atoms with Crippen LogP contribution in [-0.2, 0) is 5.54 Å². The highest BCUT2D eigenvalue weighted by Crippen LogP contribution is 2.34. The molecule has 0 bridgehead atoms. The Bertz CT molecular complexity index is 385. The molecule has 1 aromatic rings. The maximum absolute atomic E-state index is 5.77. The van der Waals surface area contributed by atoms with Gasteiger partial charge in [0, 0.05) is 11.4 Å². The van der Waals surface area contributed by atoms with E-state index in [1.807, 2.05) is 24.3 Å². The van der Waals surface area contributed by atoms with Crippen molar-refractivity contribution >= 4 is 22.6 Å². The minimum Gasteiger partial charge on any atom is -0.399 e. The number of anilines is 1. The van der Waals surface area contributed by atoms with Gasteiger partial charge in [0.15, 0.2) is 5.17 Å². The Balaban J connectivity index is 2.36. The zero-order valence-corrected chi connectivity index (χ0v) is 9.55. The van der Waals surface area contributed by atoms with E-state index in [0.29, 0.717) is 5.17 Å². The predicted molar refractivity (Wildman–Crippen MR) is 66.9 cm³/mol. The summed E-state index contributed by atoms with van der Waals surface area (Å²) in [4.78, 5) is 4.53. The molecule has 1 heterocycles. The van der Waals surface area contributed by atoms with Crippen molar-refractivity contribution in [3.63, 3.8) is 0 Å². The summed E-state index contributed by atoms with van der Waals surface area (Å²) in [5.41, 5.74) is 13.2. The molecule has 0 aliphatic carbocycles. The first-order valence-electron chi connectivity index (χ1n) is 4.94. The lowest BCUT2D eigenvalue weighted by Gasteiger charge is -2.29. The smallest absolute Gasteiger partial charge is 0.154 e. The van der Waals surface area contributed by atoms with E-state index >= 15 is 0 Å². The molecule has 4 N–H and O–H groups in total. The molecule has 0 saturated carbocycles. The van der Waals surface area contributed by atoms with Crippen molar-refractivity contribution < 1.29 is 0 Å². The molecule has 0 spiro atoms. The molecule has 80 valence electrons. The number of benzene rings is 1. The van der Waals surface area contributed by atoms with Gasteiger partial charge in [-0.1, -0.05) is 23.9 Å².